The smallest absolute Gasteiger partial charge is 0.338 e. The molecule has 0 amide bonds. The lowest BCUT2D eigenvalue weighted by atomic mass is 10.1. The molecule has 0 bridgehead atoms. The third kappa shape index (κ3) is 1.75. The van der Waals surface area contributed by atoms with Gasteiger partial charge in [-0.1, -0.05) is 40.2 Å². The minimum Gasteiger partial charge on any atom is -0.465 e. The summed E-state index contributed by atoms with van der Waals surface area (Å²) in [6.45, 7) is 0. The number of methoxy groups -OCH3 is 1. The fraction of sp³-hybridized carbons (Fsp3) is 0.0833. The third-order valence-corrected chi connectivity index (χ3v) is 2.97. The Balaban J connectivity index is 2.77. The van der Waals surface area contributed by atoms with Crippen molar-refractivity contribution in [3.05, 3.63) is 46.4 Å². The van der Waals surface area contributed by atoms with Crippen molar-refractivity contribution in [2.24, 2.45) is 0 Å². The van der Waals surface area contributed by atoms with Gasteiger partial charge in [-0.05, 0) is 22.9 Å². The van der Waals surface area contributed by atoms with E-state index in [1.165, 1.54) is 7.11 Å². The topological polar surface area (TPSA) is 26.3 Å². The maximum atomic E-state index is 11.5. The van der Waals surface area contributed by atoms with Gasteiger partial charge in [0.2, 0.25) is 0 Å². The molecular weight excluding hydrogens is 256 g/mol. The molecule has 15 heavy (non-hydrogen) atoms. The molecule has 2 aromatic rings. The first-order chi connectivity index (χ1) is 7.24. The Bertz CT molecular complexity index is 520. The molecule has 76 valence electrons. The van der Waals surface area contributed by atoms with E-state index >= 15 is 0 Å². The molecule has 0 saturated heterocycles. The highest BCUT2D eigenvalue weighted by Gasteiger charge is 2.10. The van der Waals surface area contributed by atoms with Gasteiger partial charge in [0.05, 0.1) is 12.7 Å². The lowest BCUT2D eigenvalue weighted by Crippen LogP contribution is -2.01. The molecule has 0 spiro atoms. The monoisotopic (exact) mass is 264 g/mol. The molecular formula is C12H9BrO2. The van der Waals surface area contributed by atoms with E-state index < -0.39 is 0 Å². The summed E-state index contributed by atoms with van der Waals surface area (Å²) in [6.07, 6.45) is 0. The number of hydrogen-bond donors (Lipinski definition) is 0. The molecule has 0 atom stereocenters. The van der Waals surface area contributed by atoms with Crippen LogP contribution in [0.2, 0.25) is 0 Å². The van der Waals surface area contributed by atoms with Crippen molar-refractivity contribution in [1.29, 1.82) is 0 Å². The van der Waals surface area contributed by atoms with Gasteiger partial charge in [0.25, 0.3) is 0 Å². The van der Waals surface area contributed by atoms with Crippen LogP contribution in [-0.4, -0.2) is 13.1 Å². The van der Waals surface area contributed by atoms with E-state index in [1.807, 2.05) is 30.3 Å². The van der Waals surface area contributed by atoms with Gasteiger partial charge in [-0.2, -0.15) is 0 Å². The summed E-state index contributed by atoms with van der Waals surface area (Å²) in [5, 5.41) is 1.92. The van der Waals surface area contributed by atoms with Crippen molar-refractivity contribution in [3.8, 4) is 0 Å². The zero-order valence-electron chi connectivity index (χ0n) is 8.16. The zero-order valence-corrected chi connectivity index (χ0v) is 9.74. The maximum Gasteiger partial charge on any atom is 0.338 e. The quantitative estimate of drug-likeness (QED) is 0.739. The summed E-state index contributed by atoms with van der Waals surface area (Å²) in [5.74, 6) is -0.307. The highest BCUT2D eigenvalue weighted by atomic mass is 79.9. The van der Waals surface area contributed by atoms with Crippen LogP contribution in [0.3, 0.4) is 0 Å². The number of carbonyl (C=O) groups is 1. The first kappa shape index (κ1) is 10.2. The van der Waals surface area contributed by atoms with Crippen molar-refractivity contribution in [1.82, 2.24) is 0 Å². The molecule has 0 fully saturated rings. The number of hydrogen-bond acceptors (Lipinski definition) is 2. The Morgan fingerprint density at radius 3 is 2.53 bits per heavy atom. The molecule has 0 aliphatic carbocycles. The minimum atomic E-state index is -0.307. The lowest BCUT2D eigenvalue weighted by molar-refractivity contribution is 0.0603. The van der Waals surface area contributed by atoms with Gasteiger partial charge in [-0.3, -0.25) is 0 Å². The summed E-state index contributed by atoms with van der Waals surface area (Å²) in [4.78, 5) is 11.5. The lowest BCUT2D eigenvalue weighted by Gasteiger charge is -2.05. The van der Waals surface area contributed by atoms with Crippen LogP contribution in [0.25, 0.3) is 10.8 Å². The van der Waals surface area contributed by atoms with Crippen LogP contribution in [0, 0.1) is 0 Å². The summed E-state index contributed by atoms with van der Waals surface area (Å²) in [5.41, 5.74) is 0.594. The van der Waals surface area contributed by atoms with E-state index in [2.05, 4.69) is 15.9 Å². The van der Waals surface area contributed by atoms with Crippen LogP contribution in [0.1, 0.15) is 10.4 Å². The second kappa shape index (κ2) is 4.03. The van der Waals surface area contributed by atoms with E-state index in [4.69, 9.17) is 4.74 Å². The van der Waals surface area contributed by atoms with Crippen LogP contribution in [-0.2, 0) is 4.74 Å². The molecule has 0 heterocycles. The number of halogens is 1. The van der Waals surface area contributed by atoms with Gasteiger partial charge in [-0.25, -0.2) is 4.79 Å². The van der Waals surface area contributed by atoms with Gasteiger partial charge >= 0.3 is 5.97 Å². The Kier molecular flexibility index (Phi) is 2.73. The summed E-state index contributed by atoms with van der Waals surface area (Å²) >= 11 is 3.45. The van der Waals surface area contributed by atoms with Crippen molar-refractivity contribution < 1.29 is 9.53 Å². The maximum absolute atomic E-state index is 11.5. The van der Waals surface area contributed by atoms with Gasteiger partial charge in [0, 0.05) is 4.47 Å². The summed E-state index contributed by atoms with van der Waals surface area (Å²) in [6, 6.07) is 11.3. The van der Waals surface area contributed by atoms with Crippen LogP contribution < -0.4 is 0 Å². The Morgan fingerprint density at radius 1 is 1.13 bits per heavy atom. The zero-order chi connectivity index (χ0) is 10.8. The second-order valence-electron chi connectivity index (χ2n) is 3.13. The van der Waals surface area contributed by atoms with E-state index in [0.29, 0.717) is 5.56 Å². The number of esters is 1. The SMILES string of the molecule is COC(=O)c1cccc2c(Br)cccc12. The molecule has 0 radical (unpaired) electrons. The number of rotatable bonds is 1. The van der Waals surface area contributed by atoms with Gasteiger partial charge in [-0.15, -0.1) is 0 Å². The van der Waals surface area contributed by atoms with Crippen molar-refractivity contribution >= 4 is 32.7 Å². The van der Waals surface area contributed by atoms with Crippen LogP contribution in [0.4, 0.5) is 0 Å². The Hall–Kier alpha value is -1.35. The number of carbonyl (C=O) groups excluding carboxylic acids is 1. The normalized spacial score (nSPS) is 10.3. The highest BCUT2D eigenvalue weighted by Crippen LogP contribution is 2.26. The molecule has 2 nitrogen and oxygen atoms in total. The number of ether oxygens (including phenoxy) is 1. The van der Waals surface area contributed by atoms with E-state index in [-0.39, 0.29) is 5.97 Å². The van der Waals surface area contributed by atoms with Crippen LogP contribution in [0.5, 0.6) is 0 Å². The van der Waals surface area contributed by atoms with Crippen molar-refractivity contribution in [3.63, 3.8) is 0 Å². The van der Waals surface area contributed by atoms with Crippen molar-refractivity contribution in [2.75, 3.05) is 7.11 Å². The third-order valence-electron chi connectivity index (χ3n) is 2.27. The van der Waals surface area contributed by atoms with Crippen molar-refractivity contribution in [2.45, 2.75) is 0 Å². The fourth-order valence-electron chi connectivity index (χ4n) is 1.56. The Labute approximate surface area is 96.0 Å². The average Bonchev–Trinajstić information content (AvgIpc) is 2.28. The largest absolute Gasteiger partial charge is 0.465 e. The molecule has 2 rings (SSSR count). The minimum absolute atomic E-state index is 0.307. The number of benzene rings is 2. The average molecular weight is 265 g/mol. The van der Waals surface area contributed by atoms with E-state index in [9.17, 15) is 4.79 Å². The fourth-order valence-corrected chi connectivity index (χ4v) is 2.06. The van der Waals surface area contributed by atoms with E-state index in [0.717, 1.165) is 15.2 Å². The second-order valence-corrected chi connectivity index (χ2v) is 3.99. The van der Waals surface area contributed by atoms with Gasteiger partial charge < -0.3 is 4.74 Å². The molecule has 0 unspecified atom stereocenters. The predicted molar refractivity (Wildman–Crippen MR) is 63.0 cm³/mol. The first-order valence-corrected chi connectivity index (χ1v) is 5.29. The Morgan fingerprint density at radius 2 is 1.80 bits per heavy atom. The number of fused-ring (bicyclic) bond motifs is 1. The molecule has 2 aromatic carbocycles. The van der Waals surface area contributed by atoms with E-state index in [1.54, 1.807) is 6.07 Å². The molecule has 3 heteroatoms. The summed E-state index contributed by atoms with van der Waals surface area (Å²) in [7, 11) is 1.39. The molecule has 0 saturated carbocycles. The summed E-state index contributed by atoms with van der Waals surface area (Å²) < 4.78 is 5.71. The highest BCUT2D eigenvalue weighted by molar-refractivity contribution is 9.10. The van der Waals surface area contributed by atoms with Gasteiger partial charge in [0.15, 0.2) is 0 Å². The molecule has 0 aromatic heterocycles. The van der Waals surface area contributed by atoms with Crippen LogP contribution >= 0.6 is 15.9 Å². The molecule has 0 N–H and O–H groups in total. The predicted octanol–water partition coefficient (Wildman–Crippen LogP) is 3.39. The van der Waals surface area contributed by atoms with Crippen LogP contribution in [0.15, 0.2) is 40.9 Å². The molecule has 0 aliphatic rings. The first-order valence-electron chi connectivity index (χ1n) is 4.49. The molecule has 0 aliphatic heterocycles. The standard InChI is InChI=1S/C12H9BrO2/c1-15-12(14)10-6-2-5-9-8(10)4-3-7-11(9)13/h2-7H,1H3. The van der Waals surface area contributed by atoms with Gasteiger partial charge in [0.1, 0.15) is 0 Å².